The minimum Gasteiger partial charge on any atom is -0.376 e. The summed E-state index contributed by atoms with van der Waals surface area (Å²) in [6.45, 7) is 2.99. The highest BCUT2D eigenvalue weighted by Gasteiger charge is 2.28. The van der Waals surface area contributed by atoms with Gasteiger partial charge in [0.05, 0.1) is 16.3 Å². The number of carbonyl (C=O) groups excluding carboxylic acids is 1. The van der Waals surface area contributed by atoms with E-state index in [1.165, 1.54) is 10.3 Å². The van der Waals surface area contributed by atoms with Crippen LogP contribution in [0.3, 0.4) is 0 Å². The van der Waals surface area contributed by atoms with Crippen LogP contribution in [0.15, 0.2) is 54.0 Å². The van der Waals surface area contributed by atoms with Crippen molar-refractivity contribution >= 4 is 39.0 Å². The van der Waals surface area contributed by atoms with Crippen molar-refractivity contribution in [2.24, 2.45) is 0 Å². The van der Waals surface area contributed by atoms with Gasteiger partial charge in [-0.15, -0.1) is 11.3 Å². The Bertz CT molecular complexity index is 1240. The molecule has 1 saturated heterocycles. The Morgan fingerprint density at radius 1 is 1.10 bits per heavy atom. The molecule has 2 aliphatic rings. The smallest absolute Gasteiger partial charge is 0.254 e. The average Bonchev–Trinajstić information content (AvgIpc) is 3.54. The normalized spacial score (nSPS) is 18.3. The van der Waals surface area contributed by atoms with Crippen LogP contribution in [-0.2, 0) is 6.42 Å². The second kappa shape index (κ2) is 7.39. The molecule has 31 heavy (non-hydrogen) atoms. The van der Waals surface area contributed by atoms with Gasteiger partial charge in [-0.2, -0.15) is 5.10 Å². The third-order valence-corrected chi connectivity index (χ3v) is 7.11. The number of piperazine rings is 1. The van der Waals surface area contributed by atoms with Crippen LogP contribution >= 0.6 is 11.3 Å². The molecule has 1 fully saturated rings. The van der Waals surface area contributed by atoms with Crippen molar-refractivity contribution in [2.75, 3.05) is 36.4 Å². The van der Waals surface area contributed by atoms with Gasteiger partial charge in [-0.25, -0.2) is 4.98 Å². The Morgan fingerprint density at radius 2 is 2.00 bits per heavy atom. The molecule has 1 atom stereocenters. The molecule has 1 unspecified atom stereocenters. The van der Waals surface area contributed by atoms with Crippen LogP contribution < -0.4 is 10.2 Å². The fourth-order valence-electron chi connectivity index (χ4n) is 4.51. The zero-order chi connectivity index (χ0) is 20.8. The summed E-state index contributed by atoms with van der Waals surface area (Å²) in [5.41, 5.74) is 5.14. The number of benzene rings is 1. The van der Waals surface area contributed by atoms with Crippen LogP contribution in [0.2, 0.25) is 0 Å². The molecular weight excluding hydrogens is 408 g/mol. The zero-order valence-corrected chi connectivity index (χ0v) is 17.7. The SMILES string of the molecule is O=C(c1ccc2c(c1)NC(c1n[nH]c3ccsc13)C2)N1CCN(c2ccccn2)CC1. The summed E-state index contributed by atoms with van der Waals surface area (Å²) in [5, 5.41) is 13.3. The first-order valence-corrected chi connectivity index (χ1v) is 11.4. The second-order valence-corrected chi connectivity index (χ2v) is 8.93. The fraction of sp³-hybridized carbons (Fsp3) is 0.261. The molecule has 0 aliphatic carbocycles. The van der Waals surface area contributed by atoms with Crippen molar-refractivity contribution in [1.82, 2.24) is 20.1 Å². The summed E-state index contributed by atoms with van der Waals surface area (Å²) in [7, 11) is 0. The summed E-state index contributed by atoms with van der Waals surface area (Å²) in [5.74, 6) is 1.06. The van der Waals surface area contributed by atoms with Crippen molar-refractivity contribution in [3.8, 4) is 0 Å². The van der Waals surface area contributed by atoms with E-state index in [0.29, 0.717) is 13.1 Å². The monoisotopic (exact) mass is 430 g/mol. The van der Waals surface area contributed by atoms with E-state index in [0.717, 1.165) is 47.8 Å². The molecule has 0 spiro atoms. The molecule has 156 valence electrons. The molecule has 1 aromatic carbocycles. The lowest BCUT2D eigenvalue weighted by molar-refractivity contribution is 0.0746. The van der Waals surface area contributed by atoms with Crippen molar-refractivity contribution in [1.29, 1.82) is 0 Å². The first kappa shape index (κ1) is 18.4. The van der Waals surface area contributed by atoms with Gasteiger partial charge < -0.3 is 15.1 Å². The molecule has 0 bridgehead atoms. The van der Waals surface area contributed by atoms with E-state index in [9.17, 15) is 4.79 Å². The van der Waals surface area contributed by atoms with Gasteiger partial charge in [-0.1, -0.05) is 12.1 Å². The quantitative estimate of drug-likeness (QED) is 0.518. The maximum atomic E-state index is 13.1. The number of aromatic nitrogens is 3. The van der Waals surface area contributed by atoms with E-state index >= 15 is 0 Å². The van der Waals surface area contributed by atoms with Crippen molar-refractivity contribution in [2.45, 2.75) is 12.5 Å². The highest BCUT2D eigenvalue weighted by molar-refractivity contribution is 7.17. The molecule has 0 radical (unpaired) electrons. The molecular formula is C23H22N6OS. The lowest BCUT2D eigenvalue weighted by Crippen LogP contribution is -2.49. The van der Waals surface area contributed by atoms with Gasteiger partial charge in [0.25, 0.3) is 5.91 Å². The van der Waals surface area contributed by atoms with E-state index in [-0.39, 0.29) is 11.9 Å². The third-order valence-electron chi connectivity index (χ3n) is 6.18. The number of aromatic amines is 1. The first-order valence-electron chi connectivity index (χ1n) is 10.5. The number of nitrogens with zero attached hydrogens (tertiary/aromatic N) is 4. The molecule has 4 aromatic rings. The number of hydrogen-bond donors (Lipinski definition) is 2. The zero-order valence-electron chi connectivity index (χ0n) is 16.9. The van der Waals surface area contributed by atoms with Gasteiger partial charge in [-0.05, 0) is 41.3 Å². The van der Waals surface area contributed by atoms with Crippen LogP contribution in [0.5, 0.6) is 0 Å². The molecule has 7 nitrogen and oxygen atoms in total. The van der Waals surface area contributed by atoms with E-state index < -0.39 is 0 Å². The largest absolute Gasteiger partial charge is 0.376 e. The van der Waals surface area contributed by atoms with Gasteiger partial charge >= 0.3 is 0 Å². The van der Waals surface area contributed by atoms with Gasteiger partial charge in [0.2, 0.25) is 0 Å². The molecule has 2 N–H and O–H groups in total. The number of carbonyl (C=O) groups is 1. The van der Waals surface area contributed by atoms with Gasteiger partial charge in [0.1, 0.15) is 11.5 Å². The van der Waals surface area contributed by atoms with Crippen LogP contribution in [0.25, 0.3) is 10.2 Å². The summed E-state index contributed by atoms with van der Waals surface area (Å²) in [6.07, 6.45) is 2.69. The minimum absolute atomic E-state index is 0.0918. The fourth-order valence-corrected chi connectivity index (χ4v) is 5.40. The molecule has 6 rings (SSSR count). The maximum Gasteiger partial charge on any atom is 0.254 e. The molecule has 8 heteroatoms. The molecule has 0 saturated carbocycles. The summed E-state index contributed by atoms with van der Waals surface area (Å²) < 4.78 is 1.20. The predicted octanol–water partition coefficient (Wildman–Crippen LogP) is 3.69. The number of hydrogen-bond acceptors (Lipinski definition) is 6. The third kappa shape index (κ3) is 3.23. The number of anilines is 2. The van der Waals surface area contributed by atoms with Gasteiger partial charge in [0.15, 0.2) is 0 Å². The highest BCUT2D eigenvalue weighted by Crippen LogP contribution is 2.38. The van der Waals surface area contributed by atoms with Crippen LogP contribution in [0, 0.1) is 0 Å². The lowest BCUT2D eigenvalue weighted by atomic mass is 10.1. The number of amides is 1. The average molecular weight is 431 g/mol. The number of rotatable bonds is 3. The van der Waals surface area contributed by atoms with Gasteiger partial charge in [-0.3, -0.25) is 9.89 Å². The predicted molar refractivity (Wildman–Crippen MR) is 123 cm³/mol. The topological polar surface area (TPSA) is 77.2 Å². The summed E-state index contributed by atoms with van der Waals surface area (Å²) in [6, 6.07) is 14.2. The van der Waals surface area contributed by atoms with E-state index in [1.54, 1.807) is 11.3 Å². The Hall–Kier alpha value is -3.39. The summed E-state index contributed by atoms with van der Waals surface area (Å²) in [4.78, 5) is 21.7. The minimum atomic E-state index is 0.0918. The Labute approximate surface area is 183 Å². The van der Waals surface area contributed by atoms with Crippen molar-refractivity contribution in [3.63, 3.8) is 0 Å². The highest BCUT2D eigenvalue weighted by atomic mass is 32.1. The van der Waals surface area contributed by atoms with Crippen LogP contribution in [0.1, 0.15) is 27.7 Å². The number of fused-ring (bicyclic) bond motifs is 2. The molecule has 3 aromatic heterocycles. The van der Waals surface area contributed by atoms with E-state index in [2.05, 4.69) is 42.9 Å². The van der Waals surface area contributed by atoms with E-state index in [4.69, 9.17) is 0 Å². The molecule has 5 heterocycles. The number of thiophene rings is 1. The number of nitrogens with one attached hydrogen (secondary N) is 2. The lowest BCUT2D eigenvalue weighted by Gasteiger charge is -2.35. The summed E-state index contributed by atoms with van der Waals surface area (Å²) >= 11 is 1.71. The first-order chi connectivity index (χ1) is 15.3. The van der Waals surface area contributed by atoms with Crippen molar-refractivity contribution in [3.05, 3.63) is 70.9 Å². The number of H-pyrrole nitrogens is 1. The Balaban J connectivity index is 1.15. The standard InChI is InChI=1S/C23H22N6OS/c30-23(29-10-8-28(9-11-29)20-3-1-2-7-24-20)16-5-4-15-13-19(25-18(15)14-16)21-22-17(26-27-21)6-12-31-22/h1-7,12,14,19,25H,8-11,13H2,(H,26,27). The van der Waals surface area contributed by atoms with Crippen LogP contribution in [0.4, 0.5) is 11.5 Å². The molecule has 1 amide bonds. The molecule has 2 aliphatic heterocycles. The van der Waals surface area contributed by atoms with E-state index in [1.807, 2.05) is 41.4 Å². The van der Waals surface area contributed by atoms with Crippen LogP contribution in [-0.4, -0.2) is 52.2 Å². The second-order valence-electron chi connectivity index (χ2n) is 8.01. The maximum absolute atomic E-state index is 13.1. The van der Waals surface area contributed by atoms with Gasteiger partial charge in [0, 0.05) is 50.0 Å². The van der Waals surface area contributed by atoms with Crippen molar-refractivity contribution < 1.29 is 4.79 Å². The number of pyridine rings is 1. The Kier molecular flexibility index (Phi) is 4.38. The Morgan fingerprint density at radius 3 is 2.84 bits per heavy atom.